The minimum Gasteiger partial charge on any atom is -0.482 e. The number of halogens is 3. The molecule has 12 heteroatoms. The molecule has 2 amide bonds. The smallest absolute Gasteiger partial charge is 0.341 e. The van der Waals surface area contributed by atoms with Crippen molar-refractivity contribution < 1.29 is 37.4 Å². The Labute approximate surface area is 197 Å². The number of nitrogens with zero attached hydrogens (tertiary/aromatic N) is 1. The Morgan fingerprint density at radius 1 is 1.18 bits per heavy atom. The molecule has 182 valence electrons. The monoisotopic (exact) mass is 497 g/mol. The van der Waals surface area contributed by atoms with Crippen LogP contribution in [0.1, 0.15) is 12.0 Å². The summed E-state index contributed by atoms with van der Waals surface area (Å²) in [5, 5.41) is 10.5. The summed E-state index contributed by atoms with van der Waals surface area (Å²) in [6, 6.07) is 6.43. The third-order valence-electron chi connectivity index (χ3n) is 4.91. The molecule has 1 aliphatic rings. The molecule has 2 aromatic rings. The van der Waals surface area contributed by atoms with Crippen molar-refractivity contribution in [2.45, 2.75) is 24.3 Å². The van der Waals surface area contributed by atoms with Crippen molar-refractivity contribution in [3.05, 3.63) is 59.4 Å². The van der Waals surface area contributed by atoms with E-state index < -0.39 is 53.3 Å². The molecular formula is C22H22F3N3O5S. The van der Waals surface area contributed by atoms with Crippen molar-refractivity contribution in [1.82, 2.24) is 4.90 Å². The second kappa shape index (κ2) is 11.3. The van der Waals surface area contributed by atoms with E-state index in [1.54, 1.807) is 12.1 Å². The van der Waals surface area contributed by atoms with Crippen LogP contribution in [0.5, 0.6) is 5.75 Å². The molecule has 4 N–H and O–H groups in total. The number of rotatable bonds is 9. The highest BCUT2D eigenvalue weighted by Crippen LogP contribution is 2.27. The number of amides is 2. The Hall–Kier alpha value is -3.25. The van der Waals surface area contributed by atoms with Gasteiger partial charge in [-0.25, -0.2) is 18.0 Å². The zero-order valence-corrected chi connectivity index (χ0v) is 18.6. The van der Waals surface area contributed by atoms with Crippen molar-refractivity contribution in [3.63, 3.8) is 0 Å². The van der Waals surface area contributed by atoms with Gasteiger partial charge in [-0.2, -0.15) is 0 Å². The molecule has 0 saturated carbocycles. The van der Waals surface area contributed by atoms with E-state index in [4.69, 9.17) is 15.6 Å². The van der Waals surface area contributed by atoms with Crippen LogP contribution in [0, 0.1) is 17.5 Å². The van der Waals surface area contributed by atoms with Crippen LogP contribution >= 0.6 is 11.8 Å². The number of nitrogens with two attached hydrogens (primary N) is 1. The largest absolute Gasteiger partial charge is 0.482 e. The van der Waals surface area contributed by atoms with Gasteiger partial charge in [-0.05, 0) is 30.2 Å². The van der Waals surface area contributed by atoms with Gasteiger partial charge in [0.15, 0.2) is 23.6 Å². The van der Waals surface area contributed by atoms with Gasteiger partial charge in [0.2, 0.25) is 5.91 Å². The highest BCUT2D eigenvalue weighted by Gasteiger charge is 2.35. The molecule has 2 atom stereocenters. The number of anilines is 1. The third-order valence-corrected chi connectivity index (χ3v) is 6.11. The number of ether oxygens (including phenoxy) is 1. The average molecular weight is 497 g/mol. The molecule has 0 radical (unpaired) electrons. The maximum absolute atomic E-state index is 13.9. The molecule has 1 saturated heterocycles. The highest BCUT2D eigenvalue weighted by atomic mass is 32.2. The second-order valence-corrected chi connectivity index (χ2v) is 8.72. The number of hydrogen-bond acceptors (Lipinski definition) is 6. The van der Waals surface area contributed by atoms with Gasteiger partial charge in [0.25, 0.3) is 5.91 Å². The van der Waals surface area contributed by atoms with Crippen LogP contribution in [0.4, 0.5) is 18.9 Å². The quantitative estimate of drug-likeness (QED) is 0.455. The first-order valence-electron chi connectivity index (χ1n) is 10.2. The SMILES string of the molecule is N[C@@H](CC(=O)N1CCSC1C(=O)Nc1cccc(OCC(=O)O)c1)Cc1cc(F)c(F)cc1F. The number of thioether (sulfide) groups is 1. The summed E-state index contributed by atoms with van der Waals surface area (Å²) < 4.78 is 45.5. The summed E-state index contributed by atoms with van der Waals surface area (Å²) >= 11 is 1.25. The van der Waals surface area contributed by atoms with Gasteiger partial charge in [-0.15, -0.1) is 11.8 Å². The lowest BCUT2D eigenvalue weighted by molar-refractivity contribution is -0.139. The number of hydrogen-bond donors (Lipinski definition) is 3. The molecule has 0 spiro atoms. The molecule has 1 fully saturated rings. The van der Waals surface area contributed by atoms with E-state index in [1.165, 1.54) is 28.8 Å². The summed E-state index contributed by atoms with van der Waals surface area (Å²) in [4.78, 5) is 37.5. The molecule has 2 aromatic carbocycles. The fraction of sp³-hybridized carbons (Fsp3) is 0.318. The maximum Gasteiger partial charge on any atom is 0.341 e. The molecule has 8 nitrogen and oxygen atoms in total. The number of nitrogens with one attached hydrogen (secondary N) is 1. The lowest BCUT2D eigenvalue weighted by Gasteiger charge is -2.24. The number of carbonyl (C=O) groups excluding carboxylic acids is 2. The Morgan fingerprint density at radius 3 is 2.65 bits per heavy atom. The van der Waals surface area contributed by atoms with Crippen LogP contribution in [-0.2, 0) is 20.8 Å². The zero-order valence-electron chi connectivity index (χ0n) is 17.8. The molecule has 1 heterocycles. The summed E-state index contributed by atoms with van der Waals surface area (Å²) in [5.41, 5.74) is 6.16. The lowest BCUT2D eigenvalue weighted by Crippen LogP contribution is -2.44. The van der Waals surface area contributed by atoms with Crippen LogP contribution in [0.2, 0.25) is 0 Å². The first-order valence-corrected chi connectivity index (χ1v) is 11.2. The van der Waals surface area contributed by atoms with Gasteiger partial charge in [0, 0.05) is 42.6 Å². The fourth-order valence-electron chi connectivity index (χ4n) is 3.37. The molecule has 1 aliphatic heterocycles. The van der Waals surface area contributed by atoms with Crippen molar-refractivity contribution in [2.75, 3.05) is 24.2 Å². The first kappa shape index (κ1) is 25.4. The fourth-order valence-corrected chi connectivity index (χ4v) is 4.51. The summed E-state index contributed by atoms with van der Waals surface area (Å²) in [7, 11) is 0. The van der Waals surface area contributed by atoms with E-state index in [0.717, 1.165) is 0 Å². The minimum absolute atomic E-state index is 0.144. The van der Waals surface area contributed by atoms with E-state index in [1.807, 2.05) is 0 Å². The molecular weight excluding hydrogens is 475 g/mol. The van der Waals surface area contributed by atoms with E-state index in [-0.39, 0.29) is 24.2 Å². The number of carboxylic acid groups (broad SMARTS) is 1. The second-order valence-electron chi connectivity index (χ2n) is 7.54. The van der Waals surface area contributed by atoms with Crippen LogP contribution in [0.25, 0.3) is 0 Å². The van der Waals surface area contributed by atoms with Gasteiger partial charge in [-0.3, -0.25) is 9.59 Å². The standard InChI is InChI=1S/C22H22F3N3O5S/c23-16-10-18(25)17(24)7-12(16)6-13(26)8-19(29)28-4-5-34-22(28)21(32)27-14-2-1-3-15(9-14)33-11-20(30)31/h1-3,7,9-10,13,22H,4-6,8,11,26H2,(H,27,32)(H,30,31)/t13-,22?/m1/s1. The van der Waals surface area contributed by atoms with Crippen molar-refractivity contribution >= 4 is 35.2 Å². The minimum atomic E-state index is -1.31. The van der Waals surface area contributed by atoms with Gasteiger partial charge in [0.1, 0.15) is 11.6 Å². The van der Waals surface area contributed by atoms with E-state index in [9.17, 15) is 27.6 Å². The molecule has 3 rings (SSSR count). The Balaban J connectivity index is 1.59. The zero-order chi connectivity index (χ0) is 24.8. The summed E-state index contributed by atoms with van der Waals surface area (Å²) in [6.07, 6.45) is -0.406. The highest BCUT2D eigenvalue weighted by molar-refractivity contribution is 8.00. The van der Waals surface area contributed by atoms with Gasteiger partial charge >= 0.3 is 5.97 Å². The molecule has 34 heavy (non-hydrogen) atoms. The van der Waals surface area contributed by atoms with Crippen molar-refractivity contribution in [1.29, 1.82) is 0 Å². The van der Waals surface area contributed by atoms with E-state index in [0.29, 0.717) is 30.1 Å². The van der Waals surface area contributed by atoms with Crippen LogP contribution in [0.15, 0.2) is 36.4 Å². The predicted molar refractivity (Wildman–Crippen MR) is 119 cm³/mol. The van der Waals surface area contributed by atoms with E-state index >= 15 is 0 Å². The average Bonchev–Trinajstić information content (AvgIpc) is 3.27. The molecule has 0 aliphatic carbocycles. The number of carbonyl (C=O) groups is 3. The predicted octanol–water partition coefficient (Wildman–Crippen LogP) is 2.37. The number of aliphatic carboxylic acids is 1. The van der Waals surface area contributed by atoms with Gasteiger partial charge in [0.05, 0.1) is 0 Å². The van der Waals surface area contributed by atoms with Crippen molar-refractivity contribution in [3.8, 4) is 5.75 Å². The molecule has 0 bridgehead atoms. The Morgan fingerprint density at radius 2 is 1.91 bits per heavy atom. The van der Waals surface area contributed by atoms with Gasteiger partial charge in [-0.1, -0.05) is 6.07 Å². The Kier molecular flexibility index (Phi) is 8.40. The molecule has 1 unspecified atom stereocenters. The normalized spacial score (nSPS) is 16.2. The van der Waals surface area contributed by atoms with Crippen LogP contribution in [0.3, 0.4) is 0 Å². The summed E-state index contributed by atoms with van der Waals surface area (Å²) in [5.74, 6) is -4.75. The van der Waals surface area contributed by atoms with Crippen LogP contribution < -0.4 is 15.8 Å². The number of benzene rings is 2. The van der Waals surface area contributed by atoms with Crippen molar-refractivity contribution in [2.24, 2.45) is 5.73 Å². The number of carboxylic acids is 1. The third kappa shape index (κ3) is 6.64. The first-order chi connectivity index (χ1) is 16.1. The topological polar surface area (TPSA) is 122 Å². The van der Waals surface area contributed by atoms with E-state index in [2.05, 4.69) is 5.32 Å². The molecule has 0 aromatic heterocycles. The lowest BCUT2D eigenvalue weighted by atomic mass is 10.0. The maximum atomic E-state index is 13.9. The Bertz CT molecular complexity index is 1090. The van der Waals surface area contributed by atoms with Crippen LogP contribution in [-0.4, -0.2) is 58.1 Å². The van der Waals surface area contributed by atoms with Gasteiger partial charge < -0.3 is 25.8 Å². The summed E-state index contributed by atoms with van der Waals surface area (Å²) in [6.45, 7) is -0.234.